The van der Waals surface area contributed by atoms with E-state index in [1.165, 1.54) is 33.1 Å². The van der Waals surface area contributed by atoms with Gasteiger partial charge in [0.25, 0.3) is 10.0 Å². The number of anilines is 1. The van der Waals surface area contributed by atoms with Gasteiger partial charge in [0.15, 0.2) is 0 Å². The van der Waals surface area contributed by atoms with Gasteiger partial charge in [-0.15, -0.1) is 0 Å². The topological polar surface area (TPSA) is 160 Å². The minimum Gasteiger partial charge on any atom is -0.478 e. The van der Waals surface area contributed by atoms with Crippen molar-refractivity contribution in [2.75, 3.05) is 12.4 Å². The fraction of sp³-hybridized carbons (Fsp3) is 0.214. The summed E-state index contributed by atoms with van der Waals surface area (Å²) in [4.78, 5) is 34.2. The number of methoxy groups -OCH3 is 1. The lowest BCUT2D eigenvalue weighted by Crippen LogP contribution is -2.35. The third-order valence-corrected chi connectivity index (χ3v) is 4.47. The van der Waals surface area contributed by atoms with Crippen molar-refractivity contribution in [2.24, 2.45) is 0 Å². The molecule has 0 atom stereocenters. The molecule has 26 heavy (non-hydrogen) atoms. The van der Waals surface area contributed by atoms with Gasteiger partial charge in [0.05, 0.1) is 12.7 Å². The highest BCUT2D eigenvalue weighted by Crippen LogP contribution is 2.19. The molecule has 1 aromatic carbocycles. The van der Waals surface area contributed by atoms with Gasteiger partial charge in [-0.25, -0.2) is 22.7 Å². The standard InChI is InChI=1S/C14H15N5O6S/c1-7-5-4-6-9(10(7)11(20)21)26(23,24)19-13(22)17-12-15-8(2)16-14(18-12)25-3/h4-6H,1-3H3,(H,20,21)(H2,15,16,17,18,19,22). The van der Waals surface area contributed by atoms with Gasteiger partial charge < -0.3 is 9.84 Å². The number of sulfonamides is 1. The minimum absolute atomic E-state index is 0.0671. The van der Waals surface area contributed by atoms with Gasteiger partial charge in [0, 0.05) is 0 Å². The van der Waals surface area contributed by atoms with Gasteiger partial charge in [0.2, 0.25) is 5.95 Å². The Kier molecular flexibility index (Phi) is 5.35. The number of hydrogen-bond acceptors (Lipinski definition) is 8. The van der Waals surface area contributed by atoms with Crippen LogP contribution >= 0.6 is 0 Å². The number of nitrogens with zero attached hydrogens (tertiary/aromatic N) is 3. The number of benzene rings is 1. The molecule has 0 radical (unpaired) electrons. The Labute approximate surface area is 148 Å². The normalized spacial score (nSPS) is 10.9. The molecule has 138 valence electrons. The van der Waals surface area contributed by atoms with Crippen molar-refractivity contribution in [3.63, 3.8) is 0 Å². The van der Waals surface area contributed by atoms with Crippen LogP contribution in [0.4, 0.5) is 10.7 Å². The molecule has 0 saturated heterocycles. The molecule has 3 N–H and O–H groups in total. The maximum atomic E-state index is 12.4. The van der Waals surface area contributed by atoms with E-state index in [4.69, 9.17) is 4.74 Å². The number of ether oxygens (including phenoxy) is 1. The highest BCUT2D eigenvalue weighted by Gasteiger charge is 2.26. The fourth-order valence-corrected chi connectivity index (χ4v) is 3.23. The van der Waals surface area contributed by atoms with Gasteiger partial charge in [-0.2, -0.15) is 15.0 Å². The first-order valence-electron chi connectivity index (χ1n) is 7.07. The fourth-order valence-electron chi connectivity index (χ4n) is 2.05. The summed E-state index contributed by atoms with van der Waals surface area (Å²) in [6, 6.07) is 2.66. The van der Waals surface area contributed by atoms with Gasteiger partial charge in [-0.3, -0.25) is 5.32 Å². The Balaban J connectivity index is 2.28. The highest BCUT2D eigenvalue weighted by atomic mass is 32.2. The molecule has 0 unspecified atom stereocenters. The first-order valence-corrected chi connectivity index (χ1v) is 8.55. The number of aryl methyl sites for hydroxylation is 2. The number of urea groups is 1. The van der Waals surface area contributed by atoms with Crippen molar-refractivity contribution >= 4 is 28.0 Å². The zero-order valence-electron chi connectivity index (χ0n) is 14.0. The third kappa shape index (κ3) is 4.22. The number of aromatic nitrogens is 3. The second-order valence-electron chi connectivity index (χ2n) is 5.01. The van der Waals surface area contributed by atoms with E-state index < -0.39 is 32.5 Å². The predicted molar refractivity (Wildman–Crippen MR) is 88.6 cm³/mol. The van der Waals surface area contributed by atoms with Gasteiger partial charge >= 0.3 is 18.0 Å². The van der Waals surface area contributed by atoms with Crippen LogP contribution in [0.2, 0.25) is 0 Å². The Hall–Kier alpha value is -3.28. The summed E-state index contributed by atoms with van der Waals surface area (Å²) in [5, 5.41) is 11.4. The number of carboxylic acids is 1. The molecule has 0 aliphatic heterocycles. The molecule has 0 saturated carbocycles. The largest absolute Gasteiger partial charge is 0.478 e. The summed E-state index contributed by atoms with van der Waals surface area (Å²) in [5.74, 6) is -1.42. The number of carboxylic acid groups (broad SMARTS) is 1. The van der Waals surface area contributed by atoms with Gasteiger partial charge in [-0.1, -0.05) is 12.1 Å². The predicted octanol–water partition coefficient (Wildman–Crippen LogP) is 0.706. The zero-order chi connectivity index (χ0) is 19.5. The first kappa shape index (κ1) is 19.1. The van der Waals surface area contributed by atoms with Crippen LogP contribution in [0, 0.1) is 13.8 Å². The van der Waals surface area contributed by atoms with Crippen molar-refractivity contribution < 1.29 is 27.9 Å². The minimum atomic E-state index is -4.45. The average molecular weight is 381 g/mol. The molecular formula is C14H15N5O6S. The van der Waals surface area contributed by atoms with Crippen LogP contribution in [0.25, 0.3) is 0 Å². The van der Waals surface area contributed by atoms with Crippen LogP contribution in [-0.2, 0) is 10.0 Å². The molecule has 12 heteroatoms. The average Bonchev–Trinajstić information content (AvgIpc) is 2.52. The van der Waals surface area contributed by atoms with E-state index in [1.54, 1.807) is 4.72 Å². The van der Waals surface area contributed by atoms with Crippen molar-refractivity contribution in [2.45, 2.75) is 18.7 Å². The SMILES string of the molecule is COc1nc(C)nc(NC(=O)NS(=O)(=O)c2cccc(C)c2C(=O)O)n1. The van der Waals surface area contributed by atoms with Crippen LogP contribution in [-0.4, -0.2) is 47.6 Å². The van der Waals surface area contributed by atoms with E-state index in [9.17, 15) is 23.1 Å². The highest BCUT2D eigenvalue weighted by molar-refractivity contribution is 7.90. The van der Waals surface area contributed by atoms with Crippen molar-refractivity contribution in [3.05, 3.63) is 35.2 Å². The Bertz CT molecular complexity index is 976. The number of amides is 2. The Morgan fingerprint density at radius 1 is 1.15 bits per heavy atom. The first-order chi connectivity index (χ1) is 12.1. The molecule has 0 bridgehead atoms. The lowest BCUT2D eigenvalue weighted by Gasteiger charge is -2.11. The van der Waals surface area contributed by atoms with Crippen LogP contribution in [0.3, 0.4) is 0 Å². The molecule has 11 nitrogen and oxygen atoms in total. The van der Waals surface area contributed by atoms with Crippen molar-refractivity contribution in [1.82, 2.24) is 19.7 Å². The Morgan fingerprint density at radius 2 is 1.85 bits per heavy atom. The molecule has 1 heterocycles. The molecule has 0 fully saturated rings. The smallest absolute Gasteiger partial charge is 0.337 e. The van der Waals surface area contributed by atoms with E-state index >= 15 is 0 Å². The molecule has 1 aromatic heterocycles. The molecule has 2 rings (SSSR count). The van der Waals surface area contributed by atoms with E-state index in [0.29, 0.717) is 0 Å². The number of aromatic carboxylic acids is 1. The second-order valence-corrected chi connectivity index (χ2v) is 6.66. The zero-order valence-corrected chi connectivity index (χ0v) is 14.8. The number of carbonyl (C=O) groups excluding carboxylic acids is 1. The van der Waals surface area contributed by atoms with E-state index in [-0.39, 0.29) is 23.3 Å². The number of hydrogen-bond donors (Lipinski definition) is 3. The van der Waals surface area contributed by atoms with E-state index in [1.807, 2.05) is 0 Å². The molecule has 2 aromatic rings. The molecule has 0 spiro atoms. The lowest BCUT2D eigenvalue weighted by atomic mass is 10.1. The summed E-state index contributed by atoms with van der Waals surface area (Å²) in [5.41, 5.74) is -0.191. The number of rotatable bonds is 5. The van der Waals surface area contributed by atoms with Crippen LogP contribution < -0.4 is 14.8 Å². The van der Waals surface area contributed by atoms with Crippen LogP contribution in [0.15, 0.2) is 23.1 Å². The summed E-state index contributed by atoms with van der Waals surface area (Å²) in [7, 11) is -3.14. The summed E-state index contributed by atoms with van der Waals surface area (Å²) in [6.07, 6.45) is 0. The van der Waals surface area contributed by atoms with E-state index in [2.05, 4.69) is 20.3 Å². The van der Waals surface area contributed by atoms with Crippen molar-refractivity contribution in [3.8, 4) is 6.01 Å². The summed E-state index contributed by atoms with van der Waals surface area (Å²) in [6.45, 7) is 2.97. The maximum absolute atomic E-state index is 12.4. The monoisotopic (exact) mass is 381 g/mol. The third-order valence-electron chi connectivity index (χ3n) is 3.10. The molecule has 2 amide bonds. The number of nitrogens with one attached hydrogen (secondary N) is 2. The summed E-state index contributed by atoms with van der Waals surface area (Å²) >= 11 is 0. The van der Waals surface area contributed by atoms with Crippen molar-refractivity contribution in [1.29, 1.82) is 0 Å². The van der Waals surface area contributed by atoms with E-state index in [0.717, 1.165) is 6.07 Å². The molecule has 0 aliphatic carbocycles. The Morgan fingerprint density at radius 3 is 2.46 bits per heavy atom. The lowest BCUT2D eigenvalue weighted by molar-refractivity contribution is 0.0691. The van der Waals surface area contributed by atoms with Crippen LogP contribution in [0.5, 0.6) is 6.01 Å². The molecular weight excluding hydrogens is 366 g/mol. The quantitative estimate of drug-likeness (QED) is 0.677. The summed E-state index contributed by atoms with van der Waals surface area (Å²) < 4.78 is 31.3. The maximum Gasteiger partial charge on any atom is 0.337 e. The second kappa shape index (κ2) is 7.31. The van der Waals surface area contributed by atoms with Gasteiger partial charge in [-0.05, 0) is 25.5 Å². The molecule has 0 aliphatic rings. The van der Waals surface area contributed by atoms with Gasteiger partial charge in [0.1, 0.15) is 10.7 Å². The number of carbonyl (C=O) groups is 2. The van der Waals surface area contributed by atoms with Crippen LogP contribution in [0.1, 0.15) is 21.7 Å².